The second-order valence-corrected chi connectivity index (χ2v) is 3.42. The van der Waals surface area contributed by atoms with E-state index in [2.05, 4.69) is 0 Å². The Morgan fingerprint density at radius 1 is 1.18 bits per heavy atom. The SMILES string of the molecule is COc1ccc(COc2coccc2=O)cc1. The summed E-state index contributed by atoms with van der Waals surface area (Å²) in [6.45, 7) is 0.318. The lowest BCUT2D eigenvalue weighted by atomic mass is 10.2. The van der Waals surface area contributed by atoms with Crippen LogP contribution in [0.25, 0.3) is 0 Å². The van der Waals surface area contributed by atoms with Crippen molar-refractivity contribution in [1.29, 1.82) is 0 Å². The molecule has 0 aliphatic carbocycles. The van der Waals surface area contributed by atoms with Crippen LogP contribution in [0.15, 0.2) is 52.1 Å². The first-order valence-electron chi connectivity index (χ1n) is 5.12. The average Bonchev–Trinajstić information content (AvgIpc) is 2.38. The molecule has 0 amide bonds. The molecule has 88 valence electrons. The van der Waals surface area contributed by atoms with Crippen molar-refractivity contribution in [3.05, 3.63) is 58.6 Å². The lowest BCUT2D eigenvalue weighted by molar-refractivity contribution is 0.292. The van der Waals surface area contributed by atoms with Crippen molar-refractivity contribution in [2.75, 3.05) is 7.11 Å². The van der Waals surface area contributed by atoms with Gasteiger partial charge in [-0.2, -0.15) is 0 Å². The minimum atomic E-state index is -0.190. The van der Waals surface area contributed by atoms with Gasteiger partial charge in [0.05, 0.1) is 13.4 Å². The molecule has 0 aliphatic rings. The number of hydrogen-bond acceptors (Lipinski definition) is 4. The highest BCUT2D eigenvalue weighted by Crippen LogP contribution is 2.13. The quantitative estimate of drug-likeness (QED) is 0.811. The van der Waals surface area contributed by atoms with Crippen molar-refractivity contribution in [2.24, 2.45) is 0 Å². The molecule has 0 radical (unpaired) electrons. The van der Waals surface area contributed by atoms with Crippen LogP contribution < -0.4 is 14.9 Å². The van der Waals surface area contributed by atoms with Crippen molar-refractivity contribution in [3.63, 3.8) is 0 Å². The fourth-order valence-corrected chi connectivity index (χ4v) is 1.33. The Morgan fingerprint density at radius 3 is 2.59 bits per heavy atom. The van der Waals surface area contributed by atoms with Gasteiger partial charge in [0, 0.05) is 6.07 Å². The first-order valence-corrected chi connectivity index (χ1v) is 5.12. The van der Waals surface area contributed by atoms with E-state index in [1.165, 1.54) is 18.6 Å². The third kappa shape index (κ3) is 2.87. The summed E-state index contributed by atoms with van der Waals surface area (Å²) in [4.78, 5) is 11.3. The first-order chi connectivity index (χ1) is 8.29. The molecule has 2 rings (SSSR count). The van der Waals surface area contributed by atoms with Gasteiger partial charge in [0.1, 0.15) is 18.6 Å². The average molecular weight is 232 g/mol. The van der Waals surface area contributed by atoms with Gasteiger partial charge in [-0.05, 0) is 17.7 Å². The molecule has 2 aromatic rings. The van der Waals surface area contributed by atoms with Crippen molar-refractivity contribution in [1.82, 2.24) is 0 Å². The molecule has 0 aliphatic heterocycles. The third-order valence-corrected chi connectivity index (χ3v) is 2.27. The Hall–Kier alpha value is -2.23. The molecular formula is C13H12O4. The maximum Gasteiger partial charge on any atom is 0.226 e. The van der Waals surface area contributed by atoms with E-state index < -0.39 is 0 Å². The van der Waals surface area contributed by atoms with Crippen LogP contribution in [-0.4, -0.2) is 7.11 Å². The smallest absolute Gasteiger partial charge is 0.226 e. The Labute approximate surface area is 98.4 Å². The number of rotatable bonds is 4. The van der Waals surface area contributed by atoms with Gasteiger partial charge >= 0.3 is 0 Å². The van der Waals surface area contributed by atoms with Crippen LogP contribution in [0.1, 0.15) is 5.56 Å². The third-order valence-electron chi connectivity index (χ3n) is 2.27. The van der Waals surface area contributed by atoms with Crippen molar-refractivity contribution >= 4 is 0 Å². The molecule has 1 aromatic heterocycles. The zero-order valence-corrected chi connectivity index (χ0v) is 9.38. The van der Waals surface area contributed by atoms with Crippen LogP contribution >= 0.6 is 0 Å². The fourth-order valence-electron chi connectivity index (χ4n) is 1.33. The number of methoxy groups -OCH3 is 1. The van der Waals surface area contributed by atoms with Gasteiger partial charge in [-0.3, -0.25) is 4.79 Å². The van der Waals surface area contributed by atoms with Gasteiger partial charge < -0.3 is 13.9 Å². The maximum atomic E-state index is 11.3. The monoisotopic (exact) mass is 232 g/mol. The van der Waals surface area contributed by atoms with Crippen LogP contribution in [0, 0.1) is 0 Å². The predicted molar refractivity (Wildman–Crippen MR) is 62.3 cm³/mol. The molecule has 0 saturated carbocycles. The summed E-state index contributed by atoms with van der Waals surface area (Å²) in [5, 5.41) is 0. The van der Waals surface area contributed by atoms with Crippen molar-refractivity contribution in [3.8, 4) is 11.5 Å². The minimum absolute atomic E-state index is 0.190. The molecule has 0 N–H and O–H groups in total. The molecule has 4 heteroatoms. The Balaban J connectivity index is 2.02. The maximum absolute atomic E-state index is 11.3. The molecular weight excluding hydrogens is 220 g/mol. The highest BCUT2D eigenvalue weighted by atomic mass is 16.5. The topological polar surface area (TPSA) is 48.7 Å². The summed E-state index contributed by atoms with van der Waals surface area (Å²) in [5.41, 5.74) is 0.763. The highest BCUT2D eigenvalue weighted by Gasteiger charge is 2.01. The molecule has 1 heterocycles. The zero-order valence-electron chi connectivity index (χ0n) is 9.38. The summed E-state index contributed by atoms with van der Waals surface area (Å²) in [6.07, 6.45) is 2.62. The van der Waals surface area contributed by atoms with Crippen LogP contribution in [0.5, 0.6) is 11.5 Å². The van der Waals surface area contributed by atoms with Crippen LogP contribution in [-0.2, 0) is 6.61 Å². The molecule has 0 fully saturated rings. The molecule has 0 unspecified atom stereocenters. The van der Waals surface area contributed by atoms with E-state index in [0.717, 1.165) is 11.3 Å². The van der Waals surface area contributed by atoms with E-state index in [9.17, 15) is 4.79 Å². The van der Waals surface area contributed by atoms with Crippen molar-refractivity contribution < 1.29 is 13.9 Å². The first kappa shape index (κ1) is 11.3. The molecule has 17 heavy (non-hydrogen) atoms. The number of ether oxygens (including phenoxy) is 2. The van der Waals surface area contributed by atoms with Crippen molar-refractivity contribution in [2.45, 2.75) is 6.61 Å². The lowest BCUT2D eigenvalue weighted by Crippen LogP contribution is -2.05. The fraction of sp³-hybridized carbons (Fsp3) is 0.154. The van der Waals surface area contributed by atoms with Crippen LogP contribution in [0.3, 0.4) is 0 Å². The molecule has 0 atom stereocenters. The van der Waals surface area contributed by atoms with E-state index in [1.54, 1.807) is 7.11 Å². The summed E-state index contributed by atoms with van der Waals surface area (Å²) in [6, 6.07) is 8.76. The minimum Gasteiger partial charge on any atom is -0.497 e. The van der Waals surface area contributed by atoms with Gasteiger partial charge in [0.15, 0.2) is 0 Å². The normalized spacial score (nSPS) is 9.94. The number of benzene rings is 1. The van der Waals surface area contributed by atoms with E-state index in [-0.39, 0.29) is 11.2 Å². The van der Waals surface area contributed by atoms with E-state index in [0.29, 0.717) is 6.61 Å². The van der Waals surface area contributed by atoms with E-state index >= 15 is 0 Å². The second-order valence-electron chi connectivity index (χ2n) is 3.42. The Kier molecular flexibility index (Phi) is 3.45. The van der Waals surface area contributed by atoms with Crippen LogP contribution in [0.4, 0.5) is 0 Å². The zero-order chi connectivity index (χ0) is 12.1. The largest absolute Gasteiger partial charge is 0.497 e. The molecule has 0 bridgehead atoms. The van der Waals surface area contributed by atoms with E-state index in [1.807, 2.05) is 24.3 Å². The second kappa shape index (κ2) is 5.21. The Bertz CT molecular complexity index is 528. The molecule has 1 aromatic carbocycles. The highest BCUT2D eigenvalue weighted by molar-refractivity contribution is 5.27. The van der Waals surface area contributed by atoms with E-state index in [4.69, 9.17) is 13.9 Å². The Morgan fingerprint density at radius 2 is 1.94 bits per heavy atom. The lowest BCUT2D eigenvalue weighted by Gasteiger charge is -2.05. The van der Waals surface area contributed by atoms with Gasteiger partial charge in [-0.25, -0.2) is 0 Å². The van der Waals surface area contributed by atoms with Crippen LogP contribution in [0.2, 0.25) is 0 Å². The number of hydrogen-bond donors (Lipinski definition) is 0. The predicted octanol–water partition coefficient (Wildman–Crippen LogP) is 2.23. The summed E-state index contributed by atoms with van der Waals surface area (Å²) in [5.74, 6) is 0.997. The summed E-state index contributed by atoms with van der Waals surface area (Å²) in [7, 11) is 1.61. The molecule has 0 saturated heterocycles. The van der Waals surface area contributed by atoms with Gasteiger partial charge in [-0.1, -0.05) is 12.1 Å². The molecule has 4 nitrogen and oxygen atoms in total. The summed E-state index contributed by atoms with van der Waals surface area (Å²) >= 11 is 0. The van der Waals surface area contributed by atoms with Gasteiger partial charge in [-0.15, -0.1) is 0 Å². The van der Waals surface area contributed by atoms with Gasteiger partial charge in [0.2, 0.25) is 11.2 Å². The standard InChI is InChI=1S/C13H12O4/c1-15-11-4-2-10(3-5-11)8-17-13-9-16-7-6-12(13)14/h2-7,9H,8H2,1H3. The molecule has 0 spiro atoms. The summed E-state index contributed by atoms with van der Waals surface area (Å²) < 4.78 is 15.3. The van der Waals surface area contributed by atoms with Gasteiger partial charge in [0.25, 0.3) is 0 Å².